The standard InChI is InChI=1S/C18H19NO3/c1-3-22-18(21)19-16(14-11-9-13(2)10-12-14)17(20)15-7-5-4-6-8-15/h4-12,16H,3H2,1-2H3,(H,19,21). The molecule has 114 valence electrons. The molecule has 0 radical (unpaired) electrons. The number of aryl methyl sites for hydroxylation is 1. The van der Waals surface area contributed by atoms with Gasteiger partial charge in [-0.3, -0.25) is 4.79 Å². The van der Waals surface area contributed by atoms with Crippen LogP contribution in [0.2, 0.25) is 0 Å². The third-order valence-electron chi connectivity index (χ3n) is 3.27. The molecule has 4 nitrogen and oxygen atoms in total. The van der Waals surface area contributed by atoms with E-state index in [2.05, 4.69) is 5.32 Å². The average molecular weight is 297 g/mol. The molecule has 0 saturated heterocycles. The maximum absolute atomic E-state index is 12.7. The summed E-state index contributed by atoms with van der Waals surface area (Å²) in [5, 5.41) is 2.64. The molecular weight excluding hydrogens is 278 g/mol. The van der Waals surface area contributed by atoms with E-state index < -0.39 is 12.1 Å². The van der Waals surface area contributed by atoms with Crippen molar-refractivity contribution in [1.82, 2.24) is 5.32 Å². The number of benzene rings is 2. The van der Waals surface area contributed by atoms with Gasteiger partial charge >= 0.3 is 6.09 Å². The summed E-state index contributed by atoms with van der Waals surface area (Å²) in [7, 11) is 0. The number of hydrogen-bond donors (Lipinski definition) is 1. The maximum Gasteiger partial charge on any atom is 0.407 e. The minimum atomic E-state index is -0.762. The van der Waals surface area contributed by atoms with E-state index in [1.165, 1.54) is 0 Å². The Morgan fingerprint density at radius 3 is 2.27 bits per heavy atom. The highest BCUT2D eigenvalue weighted by Crippen LogP contribution is 2.19. The molecule has 4 heteroatoms. The van der Waals surface area contributed by atoms with Crippen molar-refractivity contribution >= 4 is 11.9 Å². The van der Waals surface area contributed by atoms with Crippen LogP contribution >= 0.6 is 0 Å². The molecule has 0 aliphatic heterocycles. The van der Waals surface area contributed by atoms with Gasteiger partial charge in [0.1, 0.15) is 6.04 Å². The molecule has 0 aromatic heterocycles. The number of ketones is 1. The van der Waals surface area contributed by atoms with Gasteiger partial charge in [0.05, 0.1) is 6.61 Å². The molecule has 22 heavy (non-hydrogen) atoms. The van der Waals surface area contributed by atoms with E-state index in [1.807, 2.05) is 37.3 Å². The first kappa shape index (κ1) is 15.8. The molecule has 0 spiro atoms. The molecular formula is C18H19NO3. The zero-order valence-electron chi connectivity index (χ0n) is 12.7. The van der Waals surface area contributed by atoms with E-state index in [0.29, 0.717) is 5.56 Å². The third-order valence-corrected chi connectivity index (χ3v) is 3.27. The van der Waals surface area contributed by atoms with Crippen LogP contribution in [0.3, 0.4) is 0 Å². The van der Waals surface area contributed by atoms with Gasteiger partial charge in [-0.2, -0.15) is 0 Å². The van der Waals surface area contributed by atoms with Crippen LogP contribution < -0.4 is 5.32 Å². The Labute approximate surface area is 130 Å². The van der Waals surface area contributed by atoms with Gasteiger partial charge in [0, 0.05) is 5.56 Å². The van der Waals surface area contributed by atoms with Crippen molar-refractivity contribution in [1.29, 1.82) is 0 Å². The van der Waals surface area contributed by atoms with E-state index in [-0.39, 0.29) is 12.4 Å². The summed E-state index contributed by atoms with van der Waals surface area (Å²) in [5.41, 5.74) is 2.36. The lowest BCUT2D eigenvalue weighted by atomic mass is 9.97. The van der Waals surface area contributed by atoms with Crippen LogP contribution in [0.1, 0.15) is 34.5 Å². The predicted molar refractivity (Wildman–Crippen MR) is 84.9 cm³/mol. The minimum absolute atomic E-state index is 0.169. The van der Waals surface area contributed by atoms with Crippen LogP contribution in [-0.4, -0.2) is 18.5 Å². The maximum atomic E-state index is 12.7. The summed E-state index contributed by atoms with van der Waals surface area (Å²) in [6.07, 6.45) is -0.600. The van der Waals surface area contributed by atoms with Crippen molar-refractivity contribution in [2.24, 2.45) is 0 Å². The second-order valence-corrected chi connectivity index (χ2v) is 4.94. The Balaban J connectivity index is 2.30. The summed E-state index contributed by atoms with van der Waals surface area (Å²) in [4.78, 5) is 24.4. The summed E-state index contributed by atoms with van der Waals surface area (Å²) in [5.74, 6) is -0.169. The fourth-order valence-corrected chi connectivity index (χ4v) is 2.12. The molecule has 1 unspecified atom stereocenters. The van der Waals surface area contributed by atoms with Gasteiger partial charge in [-0.05, 0) is 19.4 Å². The zero-order valence-corrected chi connectivity index (χ0v) is 12.7. The molecule has 0 aliphatic carbocycles. The molecule has 0 fully saturated rings. The van der Waals surface area contributed by atoms with Crippen molar-refractivity contribution < 1.29 is 14.3 Å². The van der Waals surface area contributed by atoms with Gasteiger partial charge < -0.3 is 10.1 Å². The largest absolute Gasteiger partial charge is 0.450 e. The Hall–Kier alpha value is -2.62. The predicted octanol–water partition coefficient (Wildman–Crippen LogP) is 3.67. The summed E-state index contributed by atoms with van der Waals surface area (Å²) in [6.45, 7) is 3.95. The highest BCUT2D eigenvalue weighted by Gasteiger charge is 2.24. The van der Waals surface area contributed by atoms with E-state index >= 15 is 0 Å². The van der Waals surface area contributed by atoms with E-state index in [9.17, 15) is 9.59 Å². The molecule has 2 rings (SSSR count). The normalized spacial score (nSPS) is 11.5. The zero-order chi connectivity index (χ0) is 15.9. The van der Waals surface area contributed by atoms with Crippen molar-refractivity contribution in [2.45, 2.75) is 19.9 Å². The lowest BCUT2D eigenvalue weighted by Crippen LogP contribution is -2.34. The fraction of sp³-hybridized carbons (Fsp3) is 0.222. The number of carbonyl (C=O) groups is 2. The highest BCUT2D eigenvalue weighted by atomic mass is 16.5. The van der Waals surface area contributed by atoms with Gasteiger partial charge in [-0.15, -0.1) is 0 Å². The second kappa shape index (κ2) is 7.41. The summed E-state index contributed by atoms with van der Waals surface area (Å²) >= 11 is 0. The Bertz CT molecular complexity index is 635. The number of carbonyl (C=O) groups excluding carboxylic acids is 2. The van der Waals surface area contributed by atoms with Gasteiger partial charge in [0.15, 0.2) is 5.78 Å². The fourth-order valence-electron chi connectivity index (χ4n) is 2.12. The highest BCUT2D eigenvalue weighted by molar-refractivity contribution is 6.02. The van der Waals surface area contributed by atoms with Crippen LogP contribution in [0.5, 0.6) is 0 Å². The van der Waals surface area contributed by atoms with Crippen LogP contribution in [0.4, 0.5) is 4.79 Å². The van der Waals surface area contributed by atoms with Crippen LogP contribution in [0.25, 0.3) is 0 Å². The van der Waals surface area contributed by atoms with Gasteiger partial charge in [-0.1, -0.05) is 60.2 Å². The number of nitrogens with one attached hydrogen (secondary N) is 1. The first-order chi connectivity index (χ1) is 10.6. The third kappa shape index (κ3) is 3.95. The van der Waals surface area contributed by atoms with Gasteiger partial charge in [0.2, 0.25) is 0 Å². The lowest BCUT2D eigenvalue weighted by Gasteiger charge is -2.18. The van der Waals surface area contributed by atoms with Gasteiger partial charge in [-0.25, -0.2) is 4.79 Å². The van der Waals surface area contributed by atoms with Crippen LogP contribution in [0.15, 0.2) is 54.6 Å². The lowest BCUT2D eigenvalue weighted by molar-refractivity contribution is 0.0924. The molecule has 0 saturated carbocycles. The second-order valence-electron chi connectivity index (χ2n) is 4.94. The topological polar surface area (TPSA) is 55.4 Å². The molecule has 2 aromatic rings. The SMILES string of the molecule is CCOC(=O)NC(C(=O)c1ccccc1)c1ccc(C)cc1. The van der Waals surface area contributed by atoms with E-state index in [0.717, 1.165) is 11.1 Å². The molecule has 0 heterocycles. The van der Waals surface area contributed by atoms with E-state index in [1.54, 1.807) is 31.2 Å². The molecule has 0 bridgehead atoms. The van der Waals surface area contributed by atoms with E-state index in [4.69, 9.17) is 4.74 Å². The number of amides is 1. The first-order valence-electron chi connectivity index (χ1n) is 7.21. The molecule has 1 amide bonds. The molecule has 1 N–H and O–H groups in total. The number of ether oxygens (including phenoxy) is 1. The number of rotatable bonds is 5. The van der Waals surface area contributed by atoms with Crippen molar-refractivity contribution in [3.8, 4) is 0 Å². The minimum Gasteiger partial charge on any atom is -0.450 e. The van der Waals surface area contributed by atoms with Crippen LogP contribution in [0, 0.1) is 6.92 Å². The first-order valence-corrected chi connectivity index (χ1v) is 7.21. The summed E-state index contributed by atoms with van der Waals surface area (Å²) in [6, 6.07) is 15.6. The number of hydrogen-bond acceptors (Lipinski definition) is 3. The van der Waals surface area contributed by atoms with Crippen molar-refractivity contribution in [2.75, 3.05) is 6.61 Å². The number of Topliss-reactive ketones (excluding diaryl/α,β-unsaturated/α-hetero) is 1. The van der Waals surface area contributed by atoms with Crippen molar-refractivity contribution in [3.63, 3.8) is 0 Å². The monoisotopic (exact) mass is 297 g/mol. The molecule has 1 atom stereocenters. The summed E-state index contributed by atoms with van der Waals surface area (Å²) < 4.78 is 4.90. The molecule has 2 aromatic carbocycles. The Kier molecular flexibility index (Phi) is 5.31. The average Bonchev–Trinajstić information content (AvgIpc) is 2.54. The Morgan fingerprint density at radius 2 is 1.68 bits per heavy atom. The van der Waals surface area contributed by atoms with Crippen LogP contribution in [-0.2, 0) is 4.74 Å². The Morgan fingerprint density at radius 1 is 1.05 bits per heavy atom. The quantitative estimate of drug-likeness (QED) is 0.857. The van der Waals surface area contributed by atoms with Gasteiger partial charge in [0.25, 0.3) is 0 Å². The smallest absolute Gasteiger partial charge is 0.407 e. The molecule has 0 aliphatic rings. The number of alkyl carbamates (subject to hydrolysis) is 1. The van der Waals surface area contributed by atoms with Crippen molar-refractivity contribution in [3.05, 3.63) is 71.3 Å².